The molecule has 0 saturated carbocycles. The highest BCUT2D eigenvalue weighted by molar-refractivity contribution is 4.81. The molecule has 0 aromatic heterocycles. The average molecular weight is 198 g/mol. The zero-order chi connectivity index (χ0) is 10.6. The SMILES string of the molecule is CCC(C)(C)CN1CCC(CNC)C1. The van der Waals surface area contributed by atoms with Crippen LogP contribution in [0.1, 0.15) is 33.6 Å². The second-order valence-electron chi connectivity index (χ2n) is 5.47. The molecule has 1 unspecified atom stereocenters. The topological polar surface area (TPSA) is 15.3 Å². The first-order valence-electron chi connectivity index (χ1n) is 5.94. The van der Waals surface area contributed by atoms with Crippen molar-refractivity contribution >= 4 is 0 Å². The number of rotatable bonds is 5. The van der Waals surface area contributed by atoms with Crippen molar-refractivity contribution in [2.45, 2.75) is 33.6 Å². The highest BCUT2D eigenvalue weighted by Gasteiger charge is 2.26. The molecule has 0 radical (unpaired) electrons. The molecule has 0 spiro atoms. The van der Waals surface area contributed by atoms with Gasteiger partial charge < -0.3 is 10.2 Å². The third kappa shape index (κ3) is 3.58. The molecule has 1 fully saturated rings. The van der Waals surface area contributed by atoms with Gasteiger partial charge in [0.05, 0.1) is 0 Å². The molecule has 0 aliphatic carbocycles. The van der Waals surface area contributed by atoms with Crippen LogP contribution in [0.2, 0.25) is 0 Å². The van der Waals surface area contributed by atoms with Gasteiger partial charge in [-0.25, -0.2) is 0 Å². The normalized spacial score (nSPS) is 24.4. The smallest absolute Gasteiger partial charge is 0.00327 e. The molecular weight excluding hydrogens is 172 g/mol. The zero-order valence-corrected chi connectivity index (χ0v) is 10.3. The largest absolute Gasteiger partial charge is 0.319 e. The Hall–Kier alpha value is -0.0800. The van der Waals surface area contributed by atoms with Crippen molar-refractivity contribution in [1.29, 1.82) is 0 Å². The van der Waals surface area contributed by atoms with E-state index in [0.717, 1.165) is 5.92 Å². The lowest BCUT2D eigenvalue weighted by Crippen LogP contribution is -2.33. The van der Waals surface area contributed by atoms with Crippen molar-refractivity contribution in [2.75, 3.05) is 33.2 Å². The second-order valence-corrected chi connectivity index (χ2v) is 5.47. The standard InChI is InChI=1S/C12H26N2/c1-5-12(2,3)10-14-7-6-11(9-14)8-13-4/h11,13H,5-10H2,1-4H3. The molecule has 0 amide bonds. The number of hydrogen-bond donors (Lipinski definition) is 1. The first kappa shape index (κ1) is 12.0. The fourth-order valence-electron chi connectivity index (χ4n) is 2.23. The Morgan fingerprint density at radius 3 is 2.71 bits per heavy atom. The third-order valence-corrected chi connectivity index (χ3v) is 3.47. The van der Waals surface area contributed by atoms with Gasteiger partial charge in [0.15, 0.2) is 0 Å². The van der Waals surface area contributed by atoms with Crippen LogP contribution in [0.25, 0.3) is 0 Å². The van der Waals surface area contributed by atoms with Crippen LogP contribution in [0.5, 0.6) is 0 Å². The molecule has 2 heteroatoms. The molecule has 0 aromatic carbocycles. The van der Waals surface area contributed by atoms with E-state index < -0.39 is 0 Å². The van der Waals surface area contributed by atoms with E-state index in [-0.39, 0.29) is 0 Å². The molecule has 14 heavy (non-hydrogen) atoms. The van der Waals surface area contributed by atoms with Crippen LogP contribution in [0, 0.1) is 11.3 Å². The van der Waals surface area contributed by atoms with Gasteiger partial charge in [-0.15, -0.1) is 0 Å². The van der Waals surface area contributed by atoms with Crippen LogP contribution in [-0.2, 0) is 0 Å². The van der Waals surface area contributed by atoms with Crippen LogP contribution in [0.3, 0.4) is 0 Å². The van der Waals surface area contributed by atoms with Crippen molar-refractivity contribution in [3.05, 3.63) is 0 Å². The average Bonchev–Trinajstić information content (AvgIpc) is 2.53. The molecule has 1 aliphatic heterocycles. The highest BCUT2D eigenvalue weighted by Crippen LogP contribution is 2.25. The second kappa shape index (κ2) is 5.13. The number of hydrogen-bond acceptors (Lipinski definition) is 2. The summed E-state index contributed by atoms with van der Waals surface area (Å²) in [7, 11) is 2.05. The first-order valence-corrected chi connectivity index (χ1v) is 5.94. The molecule has 1 heterocycles. The Labute approximate surface area is 89.1 Å². The van der Waals surface area contributed by atoms with E-state index in [1.807, 2.05) is 0 Å². The van der Waals surface area contributed by atoms with Crippen molar-refractivity contribution in [2.24, 2.45) is 11.3 Å². The molecule has 84 valence electrons. The predicted octanol–water partition coefficient (Wildman–Crippen LogP) is 1.96. The van der Waals surface area contributed by atoms with Gasteiger partial charge in [-0.1, -0.05) is 20.8 Å². The van der Waals surface area contributed by atoms with Gasteiger partial charge in [0.1, 0.15) is 0 Å². The summed E-state index contributed by atoms with van der Waals surface area (Å²) in [6.45, 7) is 12.1. The van der Waals surface area contributed by atoms with E-state index in [1.165, 1.54) is 39.0 Å². The minimum absolute atomic E-state index is 0.495. The molecule has 1 N–H and O–H groups in total. The molecule has 1 rings (SSSR count). The quantitative estimate of drug-likeness (QED) is 0.726. The molecule has 1 saturated heterocycles. The summed E-state index contributed by atoms with van der Waals surface area (Å²) in [4.78, 5) is 2.63. The van der Waals surface area contributed by atoms with Crippen molar-refractivity contribution in [1.82, 2.24) is 10.2 Å². The van der Waals surface area contributed by atoms with Gasteiger partial charge in [-0.3, -0.25) is 0 Å². The highest BCUT2D eigenvalue weighted by atomic mass is 15.2. The monoisotopic (exact) mass is 198 g/mol. The summed E-state index contributed by atoms with van der Waals surface area (Å²) >= 11 is 0. The zero-order valence-electron chi connectivity index (χ0n) is 10.3. The predicted molar refractivity (Wildman–Crippen MR) is 62.5 cm³/mol. The van der Waals surface area contributed by atoms with Gasteiger partial charge in [-0.2, -0.15) is 0 Å². The molecule has 1 atom stereocenters. The van der Waals surface area contributed by atoms with Crippen molar-refractivity contribution in [3.8, 4) is 0 Å². The van der Waals surface area contributed by atoms with Crippen molar-refractivity contribution in [3.63, 3.8) is 0 Å². The maximum atomic E-state index is 3.28. The summed E-state index contributed by atoms with van der Waals surface area (Å²) in [5.41, 5.74) is 0.495. The van der Waals surface area contributed by atoms with E-state index in [0.29, 0.717) is 5.41 Å². The van der Waals surface area contributed by atoms with Crippen LogP contribution in [-0.4, -0.2) is 38.1 Å². The van der Waals surface area contributed by atoms with E-state index in [9.17, 15) is 0 Å². The van der Waals surface area contributed by atoms with Crippen molar-refractivity contribution < 1.29 is 0 Å². The summed E-state index contributed by atoms with van der Waals surface area (Å²) < 4.78 is 0. The summed E-state index contributed by atoms with van der Waals surface area (Å²) in [6.07, 6.45) is 2.65. The fourth-order valence-corrected chi connectivity index (χ4v) is 2.23. The molecular formula is C12H26N2. The lowest BCUT2D eigenvalue weighted by molar-refractivity contribution is 0.198. The third-order valence-electron chi connectivity index (χ3n) is 3.47. The lowest BCUT2D eigenvalue weighted by atomic mass is 9.90. The molecule has 1 aliphatic rings. The fraction of sp³-hybridized carbons (Fsp3) is 1.00. The summed E-state index contributed by atoms with van der Waals surface area (Å²) in [5, 5.41) is 3.28. The minimum atomic E-state index is 0.495. The van der Waals surface area contributed by atoms with Gasteiger partial charge in [0.2, 0.25) is 0 Å². The Morgan fingerprint density at radius 2 is 2.14 bits per heavy atom. The van der Waals surface area contributed by atoms with E-state index in [1.54, 1.807) is 0 Å². The maximum absolute atomic E-state index is 3.28. The molecule has 0 aromatic rings. The van der Waals surface area contributed by atoms with Gasteiger partial charge >= 0.3 is 0 Å². The van der Waals surface area contributed by atoms with E-state index >= 15 is 0 Å². The Morgan fingerprint density at radius 1 is 1.43 bits per heavy atom. The van der Waals surface area contributed by atoms with Gasteiger partial charge in [0, 0.05) is 13.1 Å². The number of nitrogens with one attached hydrogen (secondary N) is 1. The summed E-state index contributed by atoms with van der Waals surface area (Å²) in [5.74, 6) is 0.882. The first-order chi connectivity index (χ1) is 6.57. The van der Waals surface area contributed by atoms with Crippen LogP contribution in [0.15, 0.2) is 0 Å². The Kier molecular flexibility index (Phi) is 4.39. The maximum Gasteiger partial charge on any atom is 0.00327 e. The lowest BCUT2D eigenvalue weighted by Gasteiger charge is -2.29. The molecule has 0 bridgehead atoms. The van der Waals surface area contributed by atoms with Gasteiger partial charge in [0.25, 0.3) is 0 Å². The van der Waals surface area contributed by atoms with Crippen LogP contribution >= 0.6 is 0 Å². The van der Waals surface area contributed by atoms with E-state index in [2.05, 4.69) is 38.0 Å². The molecule has 2 nitrogen and oxygen atoms in total. The summed E-state index contributed by atoms with van der Waals surface area (Å²) in [6, 6.07) is 0. The Balaban J connectivity index is 2.28. The number of nitrogens with zero attached hydrogens (tertiary/aromatic N) is 1. The number of likely N-dealkylation sites (tertiary alicyclic amines) is 1. The van der Waals surface area contributed by atoms with Crippen LogP contribution in [0.4, 0.5) is 0 Å². The minimum Gasteiger partial charge on any atom is -0.319 e. The Bertz CT molecular complexity index is 166. The van der Waals surface area contributed by atoms with E-state index in [4.69, 9.17) is 0 Å². The van der Waals surface area contributed by atoms with Crippen LogP contribution < -0.4 is 5.32 Å². The van der Waals surface area contributed by atoms with Gasteiger partial charge in [-0.05, 0) is 44.3 Å².